The van der Waals surface area contributed by atoms with E-state index in [0.717, 1.165) is 26.2 Å². The second-order valence-electron chi connectivity index (χ2n) is 5.56. The molecule has 2 unspecified atom stereocenters. The summed E-state index contributed by atoms with van der Waals surface area (Å²) in [7, 11) is 2.09. The molecule has 2 fully saturated rings. The summed E-state index contributed by atoms with van der Waals surface area (Å²) >= 11 is 5.93. The molecule has 0 aromatic rings. The number of amides is 1. The fraction of sp³-hybridized carbons (Fsp3) is 0.923. The van der Waals surface area contributed by atoms with E-state index in [1.807, 2.05) is 4.90 Å². The number of rotatable bonds is 5. The third-order valence-corrected chi connectivity index (χ3v) is 3.78. The number of carbonyl (C=O) groups is 1. The van der Waals surface area contributed by atoms with E-state index < -0.39 is 5.38 Å². The highest BCUT2D eigenvalue weighted by molar-refractivity contribution is 6.30. The Morgan fingerprint density at radius 1 is 1.50 bits per heavy atom. The molecule has 0 aromatic carbocycles. The molecule has 1 aliphatic carbocycles. The zero-order valence-corrected chi connectivity index (χ0v) is 12.0. The molecule has 2 rings (SSSR count). The number of nitrogens with zero attached hydrogens (tertiary/aromatic N) is 2. The highest BCUT2D eigenvalue weighted by Crippen LogP contribution is 2.30. The third-order valence-electron chi connectivity index (χ3n) is 3.59. The summed E-state index contributed by atoms with van der Waals surface area (Å²) in [6, 6.07) is 0. The van der Waals surface area contributed by atoms with Crippen molar-refractivity contribution in [2.24, 2.45) is 5.92 Å². The number of carbonyl (C=O) groups excluding carboxylic acids is 1. The number of ether oxygens (including phenoxy) is 1. The average Bonchev–Trinajstić information content (AvgIpc) is 3.11. The van der Waals surface area contributed by atoms with E-state index in [0.29, 0.717) is 12.5 Å². The molecular weight excluding hydrogens is 252 g/mol. The summed E-state index contributed by atoms with van der Waals surface area (Å²) in [6.45, 7) is 5.89. The normalized spacial score (nSPS) is 26.9. The Morgan fingerprint density at radius 2 is 2.22 bits per heavy atom. The minimum atomic E-state index is -0.440. The maximum Gasteiger partial charge on any atom is 0.240 e. The van der Waals surface area contributed by atoms with Crippen LogP contribution in [0, 0.1) is 5.92 Å². The van der Waals surface area contributed by atoms with Gasteiger partial charge in [-0.3, -0.25) is 4.79 Å². The van der Waals surface area contributed by atoms with Gasteiger partial charge in [-0.25, -0.2) is 0 Å². The molecule has 1 saturated carbocycles. The van der Waals surface area contributed by atoms with Gasteiger partial charge in [0.2, 0.25) is 5.91 Å². The van der Waals surface area contributed by atoms with Crippen molar-refractivity contribution < 1.29 is 9.53 Å². The van der Waals surface area contributed by atoms with Crippen molar-refractivity contribution in [3.63, 3.8) is 0 Å². The highest BCUT2D eigenvalue weighted by Gasteiger charge is 2.30. The van der Waals surface area contributed by atoms with E-state index in [2.05, 4.69) is 11.9 Å². The smallest absolute Gasteiger partial charge is 0.240 e. The Labute approximate surface area is 114 Å². The van der Waals surface area contributed by atoms with Gasteiger partial charge in [0.1, 0.15) is 5.38 Å². The van der Waals surface area contributed by atoms with Gasteiger partial charge in [0.25, 0.3) is 0 Å². The molecule has 0 N–H and O–H groups in total. The molecule has 0 bridgehead atoms. The van der Waals surface area contributed by atoms with Crippen LogP contribution in [0.25, 0.3) is 0 Å². The number of halogens is 1. The fourth-order valence-corrected chi connectivity index (χ4v) is 2.48. The molecule has 1 amide bonds. The molecule has 2 atom stereocenters. The van der Waals surface area contributed by atoms with Gasteiger partial charge in [-0.15, -0.1) is 11.6 Å². The van der Waals surface area contributed by atoms with E-state index in [4.69, 9.17) is 16.3 Å². The average molecular weight is 275 g/mol. The van der Waals surface area contributed by atoms with Crippen LogP contribution in [0.15, 0.2) is 0 Å². The topological polar surface area (TPSA) is 32.8 Å². The van der Waals surface area contributed by atoms with Crippen LogP contribution in [0.3, 0.4) is 0 Å². The number of hydrogen-bond acceptors (Lipinski definition) is 3. The Morgan fingerprint density at radius 3 is 2.78 bits per heavy atom. The predicted octanol–water partition coefficient (Wildman–Crippen LogP) is 1.18. The van der Waals surface area contributed by atoms with Crippen LogP contribution in [0.1, 0.15) is 19.8 Å². The quantitative estimate of drug-likeness (QED) is 0.706. The Kier molecular flexibility index (Phi) is 4.87. The molecule has 1 aliphatic heterocycles. The molecule has 104 valence electrons. The molecule has 0 spiro atoms. The second-order valence-corrected chi connectivity index (χ2v) is 6.21. The van der Waals surface area contributed by atoms with E-state index in [1.165, 1.54) is 12.8 Å². The van der Waals surface area contributed by atoms with Crippen molar-refractivity contribution in [1.82, 2.24) is 9.80 Å². The molecule has 2 aliphatic rings. The van der Waals surface area contributed by atoms with Crippen LogP contribution >= 0.6 is 11.6 Å². The molecule has 1 heterocycles. The molecule has 5 heteroatoms. The molecule has 18 heavy (non-hydrogen) atoms. The van der Waals surface area contributed by atoms with Crippen molar-refractivity contribution in [2.45, 2.75) is 31.2 Å². The van der Waals surface area contributed by atoms with Gasteiger partial charge < -0.3 is 14.5 Å². The van der Waals surface area contributed by atoms with Gasteiger partial charge in [-0.05, 0) is 32.7 Å². The largest absolute Gasteiger partial charge is 0.374 e. The van der Waals surface area contributed by atoms with Crippen LogP contribution in [-0.2, 0) is 9.53 Å². The summed E-state index contributed by atoms with van der Waals surface area (Å²) in [4.78, 5) is 16.2. The minimum Gasteiger partial charge on any atom is -0.374 e. The zero-order valence-electron chi connectivity index (χ0n) is 11.3. The van der Waals surface area contributed by atoms with Gasteiger partial charge in [0.15, 0.2) is 0 Å². The summed E-state index contributed by atoms with van der Waals surface area (Å²) in [6.07, 6.45) is 2.61. The molecule has 1 saturated heterocycles. The number of hydrogen-bond donors (Lipinski definition) is 0. The lowest BCUT2D eigenvalue weighted by Crippen LogP contribution is -2.49. The van der Waals surface area contributed by atoms with Gasteiger partial charge in [0, 0.05) is 26.2 Å². The predicted molar refractivity (Wildman–Crippen MR) is 71.9 cm³/mol. The Hall–Kier alpha value is -0.320. The summed E-state index contributed by atoms with van der Waals surface area (Å²) in [5.74, 6) is 0.728. The lowest BCUT2D eigenvalue weighted by Gasteiger charge is -2.34. The minimum absolute atomic E-state index is 0.0420. The van der Waals surface area contributed by atoms with E-state index in [-0.39, 0.29) is 12.0 Å². The van der Waals surface area contributed by atoms with Crippen LogP contribution in [0.4, 0.5) is 0 Å². The van der Waals surface area contributed by atoms with Crippen LogP contribution in [-0.4, -0.2) is 67.0 Å². The Balaban J connectivity index is 1.88. The monoisotopic (exact) mass is 274 g/mol. The first-order valence-corrected chi connectivity index (χ1v) is 7.23. The maximum absolute atomic E-state index is 12.1. The van der Waals surface area contributed by atoms with E-state index in [9.17, 15) is 4.79 Å². The van der Waals surface area contributed by atoms with Gasteiger partial charge in [-0.1, -0.05) is 0 Å². The standard InChI is InChI=1S/C13H23ClN2O2/c1-10(14)13(17)16(7-11-3-4-11)9-12-8-15(2)5-6-18-12/h10-12H,3-9H2,1-2H3. The second kappa shape index (κ2) is 6.22. The van der Waals surface area contributed by atoms with Crippen molar-refractivity contribution in [1.29, 1.82) is 0 Å². The third kappa shape index (κ3) is 4.11. The molecular formula is C13H23ClN2O2. The van der Waals surface area contributed by atoms with E-state index in [1.54, 1.807) is 6.92 Å². The summed E-state index contributed by atoms with van der Waals surface area (Å²) in [5, 5.41) is -0.440. The highest BCUT2D eigenvalue weighted by atomic mass is 35.5. The summed E-state index contributed by atoms with van der Waals surface area (Å²) < 4.78 is 5.73. The number of alkyl halides is 1. The molecule has 0 aromatic heterocycles. The lowest BCUT2D eigenvalue weighted by atomic mass is 10.2. The van der Waals surface area contributed by atoms with Gasteiger partial charge >= 0.3 is 0 Å². The van der Waals surface area contributed by atoms with Crippen molar-refractivity contribution in [3.8, 4) is 0 Å². The van der Waals surface area contributed by atoms with Crippen molar-refractivity contribution in [3.05, 3.63) is 0 Å². The maximum atomic E-state index is 12.1. The van der Waals surface area contributed by atoms with Crippen molar-refractivity contribution >= 4 is 17.5 Å². The summed E-state index contributed by atoms with van der Waals surface area (Å²) in [5.41, 5.74) is 0. The van der Waals surface area contributed by atoms with Gasteiger partial charge in [-0.2, -0.15) is 0 Å². The Bertz CT molecular complexity index is 295. The lowest BCUT2D eigenvalue weighted by molar-refractivity contribution is -0.134. The first-order valence-electron chi connectivity index (χ1n) is 6.79. The van der Waals surface area contributed by atoms with Crippen LogP contribution in [0.5, 0.6) is 0 Å². The SMILES string of the molecule is CC(Cl)C(=O)N(CC1CC1)CC1CN(C)CCO1. The number of morpholine rings is 1. The van der Waals surface area contributed by atoms with Crippen LogP contribution in [0.2, 0.25) is 0 Å². The van der Waals surface area contributed by atoms with Crippen molar-refractivity contribution in [2.75, 3.05) is 39.8 Å². The zero-order chi connectivity index (χ0) is 13.1. The fourth-order valence-electron chi connectivity index (χ4n) is 2.34. The molecule has 0 radical (unpaired) electrons. The molecule has 4 nitrogen and oxygen atoms in total. The van der Waals surface area contributed by atoms with Crippen LogP contribution < -0.4 is 0 Å². The van der Waals surface area contributed by atoms with E-state index >= 15 is 0 Å². The van der Waals surface area contributed by atoms with Gasteiger partial charge in [0.05, 0.1) is 12.7 Å². The first kappa shape index (κ1) is 14.1. The first-order chi connectivity index (χ1) is 8.56. The number of likely N-dealkylation sites (N-methyl/N-ethyl adjacent to an activating group) is 1.